The molecule has 0 spiro atoms. The molecule has 0 heterocycles. The summed E-state index contributed by atoms with van der Waals surface area (Å²) in [5.74, 6) is 1.71. The van der Waals surface area contributed by atoms with Gasteiger partial charge in [0, 0.05) is 17.6 Å². The van der Waals surface area contributed by atoms with Crippen LogP contribution in [0.15, 0.2) is 22.7 Å². The lowest BCUT2D eigenvalue weighted by molar-refractivity contribution is 0.678. The van der Waals surface area contributed by atoms with Crippen LogP contribution >= 0.6 is 15.9 Å². The van der Waals surface area contributed by atoms with Gasteiger partial charge in [-0.3, -0.25) is 0 Å². The van der Waals surface area contributed by atoms with Crippen molar-refractivity contribution >= 4 is 21.6 Å². The standard InChI is InChI=1S/C15H17BrN2/c16-14-2-1-3-15(13(14)8-17)18(9-11-4-5-11)10-12-6-7-12/h1-3,11-12H,4-7,9-10H2. The summed E-state index contributed by atoms with van der Waals surface area (Å²) in [5, 5.41) is 9.34. The van der Waals surface area contributed by atoms with Gasteiger partial charge in [-0.1, -0.05) is 6.07 Å². The van der Waals surface area contributed by atoms with Crippen molar-refractivity contribution in [2.24, 2.45) is 11.8 Å². The topological polar surface area (TPSA) is 27.0 Å². The molecule has 0 aliphatic heterocycles. The maximum atomic E-state index is 9.34. The Morgan fingerprint density at radius 1 is 1.17 bits per heavy atom. The number of anilines is 1. The van der Waals surface area contributed by atoms with Crippen LogP contribution in [0.1, 0.15) is 31.2 Å². The Morgan fingerprint density at radius 3 is 2.28 bits per heavy atom. The molecule has 0 aromatic heterocycles. The summed E-state index contributed by atoms with van der Waals surface area (Å²) in [4.78, 5) is 2.44. The molecule has 3 heteroatoms. The molecule has 2 nitrogen and oxygen atoms in total. The first-order chi connectivity index (χ1) is 8.78. The van der Waals surface area contributed by atoms with E-state index in [2.05, 4.69) is 33.0 Å². The second-order valence-corrected chi connectivity index (χ2v) is 6.39. The number of hydrogen-bond donors (Lipinski definition) is 0. The summed E-state index contributed by atoms with van der Waals surface area (Å²) in [6, 6.07) is 8.42. The highest BCUT2D eigenvalue weighted by atomic mass is 79.9. The lowest BCUT2D eigenvalue weighted by Gasteiger charge is -2.26. The molecule has 0 bridgehead atoms. The van der Waals surface area contributed by atoms with Crippen molar-refractivity contribution in [2.45, 2.75) is 25.7 Å². The Balaban J connectivity index is 1.87. The van der Waals surface area contributed by atoms with Crippen molar-refractivity contribution < 1.29 is 0 Å². The van der Waals surface area contributed by atoms with Gasteiger partial charge in [0.05, 0.1) is 11.3 Å². The van der Waals surface area contributed by atoms with Crippen molar-refractivity contribution in [3.63, 3.8) is 0 Å². The highest BCUT2D eigenvalue weighted by Gasteiger charge is 2.30. The van der Waals surface area contributed by atoms with Gasteiger partial charge in [0.15, 0.2) is 0 Å². The second-order valence-electron chi connectivity index (χ2n) is 5.54. The fourth-order valence-electron chi connectivity index (χ4n) is 2.38. The summed E-state index contributed by atoms with van der Waals surface area (Å²) in [7, 11) is 0. The van der Waals surface area contributed by atoms with Crippen molar-refractivity contribution in [2.75, 3.05) is 18.0 Å². The van der Waals surface area contributed by atoms with Crippen molar-refractivity contribution in [1.82, 2.24) is 0 Å². The number of halogens is 1. The molecule has 3 rings (SSSR count). The third-order valence-electron chi connectivity index (χ3n) is 3.80. The fourth-order valence-corrected chi connectivity index (χ4v) is 2.83. The van der Waals surface area contributed by atoms with Crippen LogP contribution in [0.25, 0.3) is 0 Å². The van der Waals surface area contributed by atoms with Gasteiger partial charge >= 0.3 is 0 Å². The number of rotatable bonds is 5. The van der Waals surface area contributed by atoms with E-state index in [0.29, 0.717) is 0 Å². The minimum atomic E-state index is 0.791. The third kappa shape index (κ3) is 2.70. The summed E-state index contributed by atoms with van der Waals surface area (Å²) in [5.41, 5.74) is 1.91. The number of nitriles is 1. The van der Waals surface area contributed by atoms with Crippen molar-refractivity contribution in [1.29, 1.82) is 5.26 Å². The lowest BCUT2D eigenvalue weighted by atomic mass is 10.1. The van der Waals surface area contributed by atoms with E-state index in [0.717, 1.165) is 40.6 Å². The summed E-state index contributed by atoms with van der Waals surface area (Å²) >= 11 is 3.49. The van der Waals surface area contributed by atoms with Gasteiger partial charge < -0.3 is 4.90 Å². The minimum absolute atomic E-state index is 0.791. The molecule has 0 atom stereocenters. The summed E-state index contributed by atoms with van der Waals surface area (Å²) < 4.78 is 0.916. The molecule has 94 valence electrons. The van der Waals surface area contributed by atoms with Gasteiger partial charge in [-0.05, 0) is 65.6 Å². The summed E-state index contributed by atoms with van der Waals surface area (Å²) in [6.45, 7) is 2.25. The number of benzene rings is 1. The SMILES string of the molecule is N#Cc1c(Br)cccc1N(CC1CC1)CC1CC1. The van der Waals surface area contributed by atoms with Crippen LogP contribution in [-0.4, -0.2) is 13.1 Å². The van der Waals surface area contributed by atoms with E-state index in [4.69, 9.17) is 0 Å². The van der Waals surface area contributed by atoms with Gasteiger partial charge in [0.2, 0.25) is 0 Å². The maximum Gasteiger partial charge on any atom is 0.103 e. The van der Waals surface area contributed by atoms with Crippen molar-refractivity contribution in [3.8, 4) is 6.07 Å². The van der Waals surface area contributed by atoms with E-state index in [-0.39, 0.29) is 0 Å². The largest absolute Gasteiger partial charge is 0.370 e. The smallest absolute Gasteiger partial charge is 0.103 e. The van der Waals surface area contributed by atoms with Gasteiger partial charge in [0.1, 0.15) is 6.07 Å². The predicted octanol–water partition coefficient (Wildman–Crippen LogP) is 3.95. The van der Waals surface area contributed by atoms with Gasteiger partial charge in [-0.15, -0.1) is 0 Å². The normalized spacial score (nSPS) is 18.4. The van der Waals surface area contributed by atoms with E-state index >= 15 is 0 Å². The van der Waals surface area contributed by atoms with Crippen LogP contribution in [0.2, 0.25) is 0 Å². The molecule has 2 saturated carbocycles. The molecule has 1 aromatic rings. The molecular formula is C15H17BrN2. The van der Waals surface area contributed by atoms with Crippen LogP contribution in [0, 0.1) is 23.2 Å². The monoisotopic (exact) mass is 304 g/mol. The molecule has 18 heavy (non-hydrogen) atoms. The van der Waals surface area contributed by atoms with Crippen LogP contribution in [-0.2, 0) is 0 Å². The first-order valence-corrected chi connectivity index (χ1v) is 7.51. The molecule has 0 saturated heterocycles. The quantitative estimate of drug-likeness (QED) is 0.823. The Kier molecular flexibility index (Phi) is 3.30. The Labute approximate surface area is 117 Å². The fraction of sp³-hybridized carbons (Fsp3) is 0.533. The number of nitrogens with zero attached hydrogens (tertiary/aromatic N) is 2. The molecule has 2 fully saturated rings. The third-order valence-corrected chi connectivity index (χ3v) is 4.46. The average molecular weight is 305 g/mol. The van der Waals surface area contributed by atoms with Crippen LogP contribution in [0.4, 0.5) is 5.69 Å². The zero-order valence-electron chi connectivity index (χ0n) is 10.4. The lowest BCUT2D eigenvalue weighted by Crippen LogP contribution is -2.28. The van der Waals surface area contributed by atoms with E-state index in [1.54, 1.807) is 0 Å². The highest BCUT2D eigenvalue weighted by molar-refractivity contribution is 9.10. The van der Waals surface area contributed by atoms with Gasteiger partial charge in [-0.2, -0.15) is 5.26 Å². The zero-order valence-corrected chi connectivity index (χ0v) is 12.0. The molecule has 2 aliphatic rings. The molecule has 2 aliphatic carbocycles. The van der Waals surface area contributed by atoms with E-state index in [9.17, 15) is 5.26 Å². The minimum Gasteiger partial charge on any atom is -0.370 e. The molecule has 0 radical (unpaired) electrons. The van der Waals surface area contributed by atoms with Crippen LogP contribution < -0.4 is 4.90 Å². The van der Waals surface area contributed by atoms with Gasteiger partial charge in [0.25, 0.3) is 0 Å². The molecule has 1 aromatic carbocycles. The Morgan fingerprint density at radius 2 is 1.78 bits per heavy atom. The van der Waals surface area contributed by atoms with Crippen LogP contribution in [0.3, 0.4) is 0 Å². The zero-order chi connectivity index (χ0) is 12.5. The molecule has 0 amide bonds. The average Bonchev–Trinajstić information content (AvgIpc) is 3.22. The van der Waals surface area contributed by atoms with Crippen LogP contribution in [0.5, 0.6) is 0 Å². The van der Waals surface area contributed by atoms with Crippen molar-refractivity contribution in [3.05, 3.63) is 28.2 Å². The Bertz CT molecular complexity index is 470. The first-order valence-electron chi connectivity index (χ1n) is 6.71. The maximum absolute atomic E-state index is 9.34. The molecular weight excluding hydrogens is 288 g/mol. The summed E-state index contributed by atoms with van der Waals surface area (Å²) in [6.07, 6.45) is 5.43. The second kappa shape index (κ2) is 4.93. The van der Waals surface area contributed by atoms with Gasteiger partial charge in [-0.25, -0.2) is 0 Å². The van der Waals surface area contributed by atoms with E-state index in [1.165, 1.54) is 25.7 Å². The predicted molar refractivity (Wildman–Crippen MR) is 76.5 cm³/mol. The first kappa shape index (κ1) is 12.0. The Hall–Kier alpha value is -1.01. The van der Waals surface area contributed by atoms with E-state index < -0.39 is 0 Å². The molecule has 0 unspecified atom stereocenters. The highest BCUT2D eigenvalue weighted by Crippen LogP contribution is 2.37. The number of hydrogen-bond acceptors (Lipinski definition) is 2. The molecule has 0 N–H and O–H groups in total. The van der Waals surface area contributed by atoms with E-state index in [1.807, 2.05) is 12.1 Å².